The zero-order valence-electron chi connectivity index (χ0n) is 9.16. The Bertz CT molecular complexity index is 334. The van der Waals surface area contributed by atoms with E-state index in [9.17, 15) is 4.79 Å². The fourth-order valence-corrected chi connectivity index (χ4v) is 1.33. The molecule has 0 aliphatic rings. The second kappa shape index (κ2) is 5.51. The minimum absolute atomic E-state index is 0.0542. The van der Waals surface area contributed by atoms with Gasteiger partial charge in [0.05, 0.1) is 12.5 Å². The molecule has 0 bridgehead atoms. The van der Waals surface area contributed by atoms with Gasteiger partial charge >= 0.3 is 0 Å². The van der Waals surface area contributed by atoms with E-state index in [2.05, 4.69) is 5.32 Å². The van der Waals surface area contributed by atoms with Crippen LogP contribution >= 0.6 is 0 Å². The molecule has 0 heterocycles. The smallest absolute Gasteiger partial charge is 0.224 e. The van der Waals surface area contributed by atoms with Crippen molar-refractivity contribution in [2.45, 2.75) is 26.4 Å². The first-order valence-electron chi connectivity index (χ1n) is 5.08. The Morgan fingerprint density at radius 1 is 1.53 bits per heavy atom. The second-order valence-corrected chi connectivity index (χ2v) is 3.82. The second-order valence-electron chi connectivity index (χ2n) is 3.82. The normalized spacial score (nSPS) is 12.2. The van der Waals surface area contributed by atoms with Gasteiger partial charge in [0.15, 0.2) is 0 Å². The Morgan fingerprint density at radius 3 is 2.87 bits per heavy atom. The van der Waals surface area contributed by atoms with Gasteiger partial charge in [-0.25, -0.2) is 0 Å². The van der Waals surface area contributed by atoms with Crippen LogP contribution in [0.3, 0.4) is 0 Å². The molecule has 1 unspecified atom stereocenters. The van der Waals surface area contributed by atoms with Crippen molar-refractivity contribution in [1.82, 2.24) is 5.32 Å². The molecule has 0 aliphatic carbocycles. The Balaban J connectivity index is 2.44. The summed E-state index contributed by atoms with van der Waals surface area (Å²) in [5, 5.41) is 11.7. The predicted molar refractivity (Wildman–Crippen MR) is 59.6 cm³/mol. The molecule has 0 fully saturated rings. The fourth-order valence-electron chi connectivity index (χ4n) is 1.33. The maximum absolute atomic E-state index is 11.4. The number of carbonyl (C=O) groups excluding carboxylic acids is 1. The van der Waals surface area contributed by atoms with Gasteiger partial charge in [-0.1, -0.05) is 29.8 Å². The Kier molecular flexibility index (Phi) is 4.31. The molecule has 3 heteroatoms. The van der Waals surface area contributed by atoms with Crippen LogP contribution in [0.5, 0.6) is 0 Å². The van der Waals surface area contributed by atoms with E-state index in [1.807, 2.05) is 31.2 Å². The van der Waals surface area contributed by atoms with E-state index in [-0.39, 0.29) is 5.91 Å². The lowest BCUT2D eigenvalue weighted by Gasteiger charge is -2.07. The number of aryl methyl sites for hydroxylation is 1. The highest BCUT2D eigenvalue weighted by Crippen LogP contribution is 2.04. The zero-order chi connectivity index (χ0) is 11.3. The van der Waals surface area contributed by atoms with Gasteiger partial charge in [0, 0.05) is 6.54 Å². The molecule has 3 nitrogen and oxygen atoms in total. The van der Waals surface area contributed by atoms with Crippen LogP contribution in [0.25, 0.3) is 0 Å². The highest BCUT2D eigenvalue weighted by Gasteiger charge is 2.04. The molecule has 0 radical (unpaired) electrons. The zero-order valence-corrected chi connectivity index (χ0v) is 9.16. The van der Waals surface area contributed by atoms with Crippen molar-refractivity contribution >= 4 is 5.91 Å². The van der Waals surface area contributed by atoms with E-state index in [1.54, 1.807) is 6.92 Å². The van der Waals surface area contributed by atoms with Gasteiger partial charge in [0.25, 0.3) is 0 Å². The molecule has 82 valence electrons. The summed E-state index contributed by atoms with van der Waals surface area (Å²) in [6.45, 7) is 3.95. The minimum Gasteiger partial charge on any atom is -0.392 e. The molecule has 0 saturated heterocycles. The number of benzene rings is 1. The van der Waals surface area contributed by atoms with Crippen LogP contribution in [0, 0.1) is 6.92 Å². The number of aliphatic hydroxyl groups is 1. The van der Waals surface area contributed by atoms with Gasteiger partial charge in [-0.15, -0.1) is 0 Å². The maximum Gasteiger partial charge on any atom is 0.224 e. The predicted octanol–water partition coefficient (Wildman–Crippen LogP) is 1.03. The quantitative estimate of drug-likeness (QED) is 0.775. The van der Waals surface area contributed by atoms with E-state index >= 15 is 0 Å². The summed E-state index contributed by atoms with van der Waals surface area (Å²) >= 11 is 0. The van der Waals surface area contributed by atoms with Gasteiger partial charge in [-0.2, -0.15) is 0 Å². The lowest BCUT2D eigenvalue weighted by atomic mass is 10.1. The van der Waals surface area contributed by atoms with E-state index < -0.39 is 6.10 Å². The maximum atomic E-state index is 11.4. The van der Waals surface area contributed by atoms with Gasteiger partial charge in [0.1, 0.15) is 0 Å². The third-order valence-electron chi connectivity index (χ3n) is 2.04. The van der Waals surface area contributed by atoms with Crippen LogP contribution in [0.15, 0.2) is 24.3 Å². The van der Waals surface area contributed by atoms with Crippen molar-refractivity contribution in [3.8, 4) is 0 Å². The number of rotatable bonds is 4. The summed E-state index contributed by atoms with van der Waals surface area (Å²) < 4.78 is 0. The van der Waals surface area contributed by atoms with Gasteiger partial charge in [0.2, 0.25) is 5.91 Å². The molecule has 2 N–H and O–H groups in total. The van der Waals surface area contributed by atoms with Gasteiger partial charge < -0.3 is 10.4 Å². The summed E-state index contributed by atoms with van der Waals surface area (Å²) in [5.41, 5.74) is 2.15. The third-order valence-corrected chi connectivity index (χ3v) is 2.04. The SMILES string of the molecule is Cc1cccc(CC(=O)NCC(C)O)c1. The van der Waals surface area contributed by atoms with Crippen LogP contribution in [0.1, 0.15) is 18.1 Å². The van der Waals surface area contributed by atoms with Crippen molar-refractivity contribution in [1.29, 1.82) is 0 Å². The van der Waals surface area contributed by atoms with Crippen LogP contribution in [0.4, 0.5) is 0 Å². The average molecular weight is 207 g/mol. The van der Waals surface area contributed by atoms with Crippen LogP contribution in [-0.2, 0) is 11.2 Å². The minimum atomic E-state index is -0.494. The lowest BCUT2D eigenvalue weighted by molar-refractivity contribution is -0.120. The Morgan fingerprint density at radius 2 is 2.27 bits per heavy atom. The number of amides is 1. The first-order chi connectivity index (χ1) is 7.08. The van der Waals surface area contributed by atoms with Crippen LogP contribution < -0.4 is 5.32 Å². The number of carbonyl (C=O) groups is 1. The van der Waals surface area contributed by atoms with Crippen molar-refractivity contribution in [2.24, 2.45) is 0 Å². The summed E-state index contributed by atoms with van der Waals surface area (Å²) in [6, 6.07) is 7.85. The summed E-state index contributed by atoms with van der Waals surface area (Å²) in [6.07, 6.45) is -0.125. The topological polar surface area (TPSA) is 49.3 Å². The molecule has 1 aromatic carbocycles. The summed E-state index contributed by atoms with van der Waals surface area (Å²) in [5.74, 6) is -0.0542. The lowest BCUT2D eigenvalue weighted by Crippen LogP contribution is -2.31. The van der Waals surface area contributed by atoms with Crippen molar-refractivity contribution in [3.05, 3.63) is 35.4 Å². The highest BCUT2D eigenvalue weighted by atomic mass is 16.3. The van der Waals surface area contributed by atoms with Crippen LogP contribution in [-0.4, -0.2) is 23.7 Å². The summed E-state index contributed by atoms with van der Waals surface area (Å²) in [7, 11) is 0. The first kappa shape index (κ1) is 11.7. The third kappa shape index (κ3) is 4.61. The average Bonchev–Trinajstić information content (AvgIpc) is 2.15. The summed E-state index contributed by atoms with van der Waals surface area (Å²) in [4.78, 5) is 11.4. The van der Waals surface area contributed by atoms with Crippen molar-refractivity contribution in [2.75, 3.05) is 6.54 Å². The largest absolute Gasteiger partial charge is 0.392 e. The first-order valence-corrected chi connectivity index (χ1v) is 5.08. The molecule has 15 heavy (non-hydrogen) atoms. The molecular weight excluding hydrogens is 190 g/mol. The number of hydrogen-bond donors (Lipinski definition) is 2. The Labute approximate surface area is 90.1 Å². The molecule has 1 aromatic rings. The van der Waals surface area contributed by atoms with Gasteiger partial charge in [-0.05, 0) is 19.4 Å². The van der Waals surface area contributed by atoms with E-state index in [0.717, 1.165) is 11.1 Å². The molecule has 1 amide bonds. The fraction of sp³-hybridized carbons (Fsp3) is 0.417. The molecule has 1 rings (SSSR count). The standard InChI is InChI=1S/C12H17NO2/c1-9-4-3-5-11(6-9)7-12(15)13-8-10(2)14/h3-6,10,14H,7-8H2,1-2H3,(H,13,15). The van der Waals surface area contributed by atoms with E-state index in [4.69, 9.17) is 5.11 Å². The molecule has 1 atom stereocenters. The Hall–Kier alpha value is -1.35. The van der Waals surface area contributed by atoms with Crippen LogP contribution in [0.2, 0.25) is 0 Å². The number of hydrogen-bond acceptors (Lipinski definition) is 2. The van der Waals surface area contributed by atoms with Gasteiger partial charge in [-0.3, -0.25) is 4.79 Å². The number of nitrogens with one attached hydrogen (secondary N) is 1. The van der Waals surface area contributed by atoms with E-state index in [1.165, 1.54) is 0 Å². The molecule has 0 saturated carbocycles. The monoisotopic (exact) mass is 207 g/mol. The van der Waals surface area contributed by atoms with E-state index in [0.29, 0.717) is 13.0 Å². The molecule has 0 aromatic heterocycles. The molecule has 0 spiro atoms. The molecule has 0 aliphatic heterocycles. The van der Waals surface area contributed by atoms with Crippen molar-refractivity contribution in [3.63, 3.8) is 0 Å². The van der Waals surface area contributed by atoms with Crippen molar-refractivity contribution < 1.29 is 9.90 Å². The highest BCUT2D eigenvalue weighted by molar-refractivity contribution is 5.78. The molecular formula is C12H17NO2. The number of aliphatic hydroxyl groups excluding tert-OH is 1.